The summed E-state index contributed by atoms with van der Waals surface area (Å²) in [7, 11) is 0. The molecule has 0 N–H and O–H groups in total. The highest BCUT2D eigenvalue weighted by molar-refractivity contribution is 5.69. The first kappa shape index (κ1) is 10.5. The molecule has 16 heavy (non-hydrogen) atoms. The maximum Gasteiger partial charge on any atom is 0.434 e. The molecule has 1 aliphatic rings. The van der Waals surface area contributed by atoms with Crippen LogP contribution in [0.15, 0.2) is 18.5 Å². The van der Waals surface area contributed by atoms with Crippen LogP contribution in [0.25, 0.3) is 0 Å². The van der Waals surface area contributed by atoms with Crippen LogP contribution >= 0.6 is 0 Å². The summed E-state index contributed by atoms with van der Waals surface area (Å²) in [6.07, 6.45) is 2.97. The molecule has 1 aromatic heterocycles. The number of hydrogen-bond donors (Lipinski definition) is 0. The lowest BCUT2D eigenvalue weighted by atomic mass is 10.1. The third-order valence-corrected chi connectivity index (χ3v) is 2.60. The van der Waals surface area contributed by atoms with Gasteiger partial charge < -0.3 is 9.74 Å². The second kappa shape index (κ2) is 3.84. The predicted molar refractivity (Wildman–Crippen MR) is 53.8 cm³/mol. The number of rotatable bonds is 2. The van der Waals surface area contributed by atoms with E-state index in [-0.39, 0.29) is 11.7 Å². The van der Waals surface area contributed by atoms with Gasteiger partial charge in [0.15, 0.2) is 0 Å². The SMILES string of the molecule is CC1CCN1C(=O)On1ccc([N+](=O)[O-])c1. The Kier molecular flexibility index (Phi) is 2.51. The first-order valence-electron chi connectivity index (χ1n) is 4.89. The Bertz CT molecular complexity index is 428. The molecule has 0 bridgehead atoms. The summed E-state index contributed by atoms with van der Waals surface area (Å²) in [5.74, 6) is 0. The fourth-order valence-electron chi connectivity index (χ4n) is 1.46. The van der Waals surface area contributed by atoms with Crippen LogP contribution < -0.4 is 4.84 Å². The average Bonchev–Trinajstić information content (AvgIpc) is 2.63. The largest absolute Gasteiger partial charge is 0.434 e. The van der Waals surface area contributed by atoms with E-state index in [9.17, 15) is 14.9 Å². The van der Waals surface area contributed by atoms with Crippen molar-refractivity contribution in [2.45, 2.75) is 19.4 Å². The highest BCUT2D eigenvalue weighted by Crippen LogP contribution is 2.17. The lowest BCUT2D eigenvalue weighted by molar-refractivity contribution is -0.385. The molecule has 1 aromatic rings. The van der Waals surface area contributed by atoms with Crippen molar-refractivity contribution in [3.8, 4) is 0 Å². The first-order chi connectivity index (χ1) is 7.58. The van der Waals surface area contributed by atoms with E-state index in [1.807, 2.05) is 6.92 Å². The van der Waals surface area contributed by atoms with Gasteiger partial charge in [0.05, 0.1) is 11.1 Å². The van der Waals surface area contributed by atoms with Gasteiger partial charge in [-0.05, 0) is 13.3 Å². The summed E-state index contributed by atoms with van der Waals surface area (Å²) in [5.41, 5.74) is -0.107. The van der Waals surface area contributed by atoms with Gasteiger partial charge in [0.1, 0.15) is 6.20 Å². The van der Waals surface area contributed by atoms with Gasteiger partial charge in [-0.2, -0.15) is 4.73 Å². The van der Waals surface area contributed by atoms with Crippen LogP contribution in [0.2, 0.25) is 0 Å². The highest BCUT2D eigenvalue weighted by Gasteiger charge is 2.30. The molecule has 2 heterocycles. The van der Waals surface area contributed by atoms with Gasteiger partial charge in [-0.1, -0.05) is 0 Å². The van der Waals surface area contributed by atoms with Crippen molar-refractivity contribution >= 4 is 11.8 Å². The molecule has 1 atom stereocenters. The van der Waals surface area contributed by atoms with Crippen LogP contribution in [0.5, 0.6) is 0 Å². The van der Waals surface area contributed by atoms with E-state index < -0.39 is 11.0 Å². The number of hydrogen-bond acceptors (Lipinski definition) is 4. The monoisotopic (exact) mass is 225 g/mol. The Labute approximate surface area is 91.3 Å². The molecule has 0 radical (unpaired) electrons. The molecular weight excluding hydrogens is 214 g/mol. The molecule has 0 aliphatic carbocycles. The number of likely N-dealkylation sites (tertiary alicyclic amines) is 1. The van der Waals surface area contributed by atoms with Gasteiger partial charge in [-0.3, -0.25) is 10.1 Å². The van der Waals surface area contributed by atoms with Gasteiger partial charge in [0, 0.05) is 18.7 Å². The number of nitrogens with zero attached hydrogens (tertiary/aromatic N) is 3. The van der Waals surface area contributed by atoms with Gasteiger partial charge in [0.2, 0.25) is 0 Å². The smallest absolute Gasteiger partial charge is 0.317 e. The zero-order valence-corrected chi connectivity index (χ0v) is 8.70. The Balaban J connectivity index is 1.98. The predicted octanol–water partition coefficient (Wildman–Crippen LogP) is 1.04. The Hall–Kier alpha value is -2.05. The van der Waals surface area contributed by atoms with E-state index in [1.165, 1.54) is 12.3 Å². The minimum atomic E-state index is -0.545. The van der Waals surface area contributed by atoms with Crippen LogP contribution in [-0.4, -0.2) is 33.2 Å². The van der Waals surface area contributed by atoms with E-state index in [1.54, 1.807) is 4.90 Å². The summed E-state index contributed by atoms with van der Waals surface area (Å²) < 4.78 is 1.05. The summed E-state index contributed by atoms with van der Waals surface area (Å²) in [4.78, 5) is 27.8. The van der Waals surface area contributed by atoms with Crippen molar-refractivity contribution in [2.75, 3.05) is 6.54 Å². The molecule has 1 amide bonds. The van der Waals surface area contributed by atoms with E-state index in [2.05, 4.69) is 0 Å². The molecule has 0 aromatic carbocycles. The number of amides is 1. The summed E-state index contributed by atoms with van der Waals surface area (Å²) in [6, 6.07) is 1.45. The lowest BCUT2D eigenvalue weighted by Gasteiger charge is -2.37. The molecule has 86 valence electrons. The topological polar surface area (TPSA) is 77.6 Å². The third-order valence-electron chi connectivity index (χ3n) is 2.60. The molecule has 1 unspecified atom stereocenters. The lowest BCUT2D eigenvalue weighted by Crippen LogP contribution is -2.51. The second-order valence-corrected chi connectivity index (χ2v) is 3.67. The fourth-order valence-corrected chi connectivity index (χ4v) is 1.46. The van der Waals surface area contributed by atoms with Crippen LogP contribution in [0.1, 0.15) is 13.3 Å². The molecule has 7 nitrogen and oxygen atoms in total. The third kappa shape index (κ3) is 1.83. The van der Waals surface area contributed by atoms with Gasteiger partial charge in [0.25, 0.3) is 5.69 Å². The zero-order valence-electron chi connectivity index (χ0n) is 8.70. The summed E-state index contributed by atoms with van der Waals surface area (Å²) in [6.45, 7) is 2.59. The molecule has 1 fully saturated rings. The molecular formula is C9H11N3O4. The van der Waals surface area contributed by atoms with E-state index in [0.717, 1.165) is 17.3 Å². The summed E-state index contributed by atoms with van der Waals surface area (Å²) >= 11 is 0. The maximum absolute atomic E-state index is 11.5. The summed E-state index contributed by atoms with van der Waals surface area (Å²) in [5, 5.41) is 10.4. The first-order valence-corrected chi connectivity index (χ1v) is 4.89. The van der Waals surface area contributed by atoms with Crippen LogP contribution in [0, 0.1) is 10.1 Å². The number of carbonyl (C=O) groups is 1. The van der Waals surface area contributed by atoms with Crippen molar-refractivity contribution in [3.63, 3.8) is 0 Å². The van der Waals surface area contributed by atoms with Gasteiger partial charge in [-0.15, -0.1) is 0 Å². The molecule has 0 saturated carbocycles. The van der Waals surface area contributed by atoms with Crippen molar-refractivity contribution in [2.24, 2.45) is 0 Å². The normalized spacial score (nSPS) is 19.1. The van der Waals surface area contributed by atoms with Crippen molar-refractivity contribution in [1.29, 1.82) is 0 Å². The zero-order chi connectivity index (χ0) is 11.7. The Morgan fingerprint density at radius 2 is 2.44 bits per heavy atom. The molecule has 1 saturated heterocycles. The van der Waals surface area contributed by atoms with Crippen LogP contribution in [-0.2, 0) is 0 Å². The van der Waals surface area contributed by atoms with Crippen molar-refractivity contribution in [3.05, 3.63) is 28.6 Å². The Morgan fingerprint density at radius 3 is 2.88 bits per heavy atom. The van der Waals surface area contributed by atoms with Crippen molar-refractivity contribution in [1.82, 2.24) is 9.63 Å². The van der Waals surface area contributed by atoms with Gasteiger partial charge >= 0.3 is 6.09 Å². The number of aromatic nitrogens is 1. The minimum absolute atomic E-state index is 0.107. The number of carbonyl (C=O) groups excluding carboxylic acids is 1. The quantitative estimate of drug-likeness (QED) is 0.556. The standard InChI is InChI=1S/C9H11N3O4/c1-7-2-5-11(7)9(13)16-10-4-3-8(6-10)12(14)15/h3-4,6-7H,2,5H2,1H3. The van der Waals surface area contributed by atoms with Crippen LogP contribution in [0.4, 0.5) is 10.5 Å². The molecule has 1 aliphatic heterocycles. The number of nitro groups is 1. The van der Waals surface area contributed by atoms with E-state index >= 15 is 0 Å². The molecule has 0 spiro atoms. The second-order valence-electron chi connectivity index (χ2n) is 3.67. The fraction of sp³-hybridized carbons (Fsp3) is 0.444. The minimum Gasteiger partial charge on any atom is -0.317 e. The molecule has 7 heteroatoms. The highest BCUT2D eigenvalue weighted by atomic mass is 16.7. The average molecular weight is 225 g/mol. The van der Waals surface area contributed by atoms with Crippen LogP contribution in [0.3, 0.4) is 0 Å². The molecule has 2 rings (SSSR count). The van der Waals surface area contributed by atoms with E-state index in [4.69, 9.17) is 4.84 Å². The van der Waals surface area contributed by atoms with E-state index in [0.29, 0.717) is 6.54 Å². The Morgan fingerprint density at radius 1 is 1.69 bits per heavy atom. The van der Waals surface area contributed by atoms with Gasteiger partial charge in [-0.25, -0.2) is 4.79 Å². The maximum atomic E-state index is 11.5. The van der Waals surface area contributed by atoms with Crippen molar-refractivity contribution < 1.29 is 14.6 Å².